The van der Waals surface area contributed by atoms with Gasteiger partial charge in [-0.25, -0.2) is 14.4 Å². The topological polar surface area (TPSA) is 41.5 Å². The van der Waals surface area contributed by atoms with Gasteiger partial charge in [0.2, 0.25) is 5.95 Å². The minimum atomic E-state index is -0.222. The minimum absolute atomic E-state index is 0.222. The zero-order valence-corrected chi connectivity index (χ0v) is 17.7. The van der Waals surface area contributed by atoms with Gasteiger partial charge < -0.3 is 9.64 Å². The summed E-state index contributed by atoms with van der Waals surface area (Å²) in [6, 6.07) is 5.58. The summed E-state index contributed by atoms with van der Waals surface area (Å²) in [5.74, 6) is 1.20. The molecule has 0 saturated carbocycles. The highest BCUT2D eigenvalue weighted by atomic mass is 32.2. The number of likely N-dealkylation sites (N-methyl/N-ethyl adjacent to an activating group) is 1. The Morgan fingerprint density at radius 1 is 1.25 bits per heavy atom. The van der Waals surface area contributed by atoms with Crippen molar-refractivity contribution in [1.82, 2.24) is 14.9 Å². The largest absolute Gasteiger partial charge is 0.492 e. The Balaban J connectivity index is 1.42. The van der Waals surface area contributed by atoms with Crippen molar-refractivity contribution in [3.8, 4) is 5.75 Å². The third kappa shape index (κ3) is 5.35. The Morgan fingerprint density at radius 3 is 2.57 bits per heavy atom. The predicted molar refractivity (Wildman–Crippen MR) is 113 cm³/mol. The van der Waals surface area contributed by atoms with Gasteiger partial charge in [-0.15, -0.1) is 11.8 Å². The molecule has 0 spiro atoms. The number of ether oxygens (including phenoxy) is 1. The van der Waals surface area contributed by atoms with Gasteiger partial charge in [-0.1, -0.05) is 6.92 Å². The molecule has 1 saturated heterocycles. The van der Waals surface area contributed by atoms with E-state index in [9.17, 15) is 4.39 Å². The molecule has 7 heteroatoms. The number of halogens is 1. The highest BCUT2D eigenvalue weighted by molar-refractivity contribution is 7.98. The molecule has 0 aliphatic carbocycles. The zero-order chi connectivity index (χ0) is 19.9. The first kappa shape index (κ1) is 20.9. The maximum Gasteiger partial charge on any atom is 0.225 e. The van der Waals surface area contributed by atoms with Crippen molar-refractivity contribution in [2.45, 2.75) is 37.1 Å². The van der Waals surface area contributed by atoms with E-state index in [1.54, 1.807) is 6.07 Å². The normalized spacial score (nSPS) is 15.2. The monoisotopic (exact) mass is 404 g/mol. The first-order chi connectivity index (χ1) is 13.6. The van der Waals surface area contributed by atoms with Crippen LogP contribution in [0.2, 0.25) is 0 Å². The molecule has 2 heterocycles. The summed E-state index contributed by atoms with van der Waals surface area (Å²) in [5, 5.41) is 0. The van der Waals surface area contributed by atoms with Crippen molar-refractivity contribution in [2.24, 2.45) is 0 Å². The van der Waals surface area contributed by atoms with Crippen LogP contribution in [0, 0.1) is 5.82 Å². The lowest BCUT2D eigenvalue weighted by atomic mass is 10.0. The third-order valence-corrected chi connectivity index (χ3v) is 6.08. The molecule has 152 valence electrons. The van der Waals surface area contributed by atoms with E-state index >= 15 is 0 Å². The van der Waals surface area contributed by atoms with Gasteiger partial charge in [-0.05, 0) is 50.3 Å². The summed E-state index contributed by atoms with van der Waals surface area (Å²) in [4.78, 5) is 14.2. The molecule has 1 aliphatic heterocycles. The minimum Gasteiger partial charge on any atom is -0.492 e. The lowest BCUT2D eigenvalue weighted by molar-refractivity contribution is 0.170. The molecule has 0 amide bonds. The highest BCUT2D eigenvalue weighted by Crippen LogP contribution is 2.24. The fourth-order valence-electron chi connectivity index (χ4n) is 3.43. The van der Waals surface area contributed by atoms with Crippen LogP contribution in [0.15, 0.2) is 35.5 Å². The molecule has 1 aromatic carbocycles. The van der Waals surface area contributed by atoms with Crippen molar-refractivity contribution < 1.29 is 9.13 Å². The Hall–Kier alpha value is -1.86. The van der Waals surface area contributed by atoms with Crippen LogP contribution in [0.4, 0.5) is 10.3 Å². The molecule has 0 unspecified atom stereocenters. The lowest BCUT2D eigenvalue weighted by Crippen LogP contribution is -2.45. The van der Waals surface area contributed by atoms with E-state index in [1.165, 1.54) is 23.4 Å². The maximum atomic E-state index is 13.8. The maximum absolute atomic E-state index is 13.8. The van der Waals surface area contributed by atoms with Gasteiger partial charge >= 0.3 is 0 Å². The summed E-state index contributed by atoms with van der Waals surface area (Å²) in [5.41, 5.74) is 1.17. The number of benzene rings is 1. The van der Waals surface area contributed by atoms with Crippen LogP contribution < -0.4 is 9.64 Å². The number of hydrogen-bond acceptors (Lipinski definition) is 6. The molecule has 1 fully saturated rings. The van der Waals surface area contributed by atoms with Gasteiger partial charge in [0.15, 0.2) is 0 Å². The number of aromatic nitrogens is 2. The molecule has 28 heavy (non-hydrogen) atoms. The van der Waals surface area contributed by atoms with Crippen LogP contribution >= 0.6 is 11.8 Å². The summed E-state index contributed by atoms with van der Waals surface area (Å²) < 4.78 is 19.6. The van der Waals surface area contributed by atoms with Gasteiger partial charge in [0.1, 0.15) is 18.2 Å². The van der Waals surface area contributed by atoms with Crippen LogP contribution in [0.5, 0.6) is 5.75 Å². The van der Waals surface area contributed by atoms with E-state index in [0.29, 0.717) is 23.3 Å². The Morgan fingerprint density at radius 2 is 1.96 bits per heavy atom. The summed E-state index contributed by atoms with van der Waals surface area (Å²) >= 11 is 1.40. The van der Waals surface area contributed by atoms with Crippen LogP contribution in [0.1, 0.15) is 25.3 Å². The summed E-state index contributed by atoms with van der Waals surface area (Å²) in [6.07, 6.45) is 8.83. The second-order valence-corrected chi connectivity index (χ2v) is 7.94. The fourth-order valence-corrected chi connectivity index (χ4v) is 3.89. The molecule has 0 N–H and O–H groups in total. The standard InChI is InChI=1S/C21H29FN4OS/c1-4-16-14-23-21(24-15-16)26-9-7-17(8-10-26)25(2)11-12-27-18-5-6-20(28-3)19(22)13-18/h5-6,13-15,17H,4,7-12H2,1-3H3. The van der Waals surface area contributed by atoms with Crippen LogP contribution in [-0.4, -0.2) is 60.5 Å². The molecule has 1 aliphatic rings. The van der Waals surface area contributed by atoms with Crippen molar-refractivity contribution >= 4 is 17.7 Å². The first-order valence-corrected chi connectivity index (χ1v) is 11.1. The van der Waals surface area contributed by atoms with Crippen LogP contribution in [0.25, 0.3) is 0 Å². The van der Waals surface area contributed by atoms with Gasteiger partial charge in [0, 0.05) is 49.0 Å². The highest BCUT2D eigenvalue weighted by Gasteiger charge is 2.23. The van der Waals surface area contributed by atoms with Crippen LogP contribution in [-0.2, 0) is 6.42 Å². The Kier molecular flexibility index (Phi) is 7.50. The van der Waals surface area contributed by atoms with Crippen molar-refractivity contribution in [3.05, 3.63) is 42.0 Å². The smallest absolute Gasteiger partial charge is 0.225 e. The van der Waals surface area contributed by atoms with Crippen molar-refractivity contribution in [1.29, 1.82) is 0 Å². The molecule has 0 bridgehead atoms. The van der Waals surface area contributed by atoms with E-state index in [0.717, 1.165) is 44.8 Å². The average molecular weight is 405 g/mol. The number of aryl methyl sites for hydroxylation is 1. The molecule has 3 rings (SSSR count). The molecule has 5 nitrogen and oxygen atoms in total. The molecule has 0 atom stereocenters. The first-order valence-electron chi connectivity index (χ1n) is 9.83. The average Bonchev–Trinajstić information content (AvgIpc) is 2.74. The SMILES string of the molecule is CCc1cnc(N2CCC(N(C)CCOc3ccc(SC)c(F)c3)CC2)nc1. The van der Waals surface area contributed by atoms with E-state index in [1.807, 2.05) is 24.7 Å². The summed E-state index contributed by atoms with van der Waals surface area (Å²) in [7, 11) is 2.13. The van der Waals surface area contributed by atoms with Crippen molar-refractivity contribution in [3.63, 3.8) is 0 Å². The fraction of sp³-hybridized carbons (Fsp3) is 0.524. The molecular weight excluding hydrogens is 375 g/mol. The van der Waals surface area contributed by atoms with Gasteiger partial charge in [-0.2, -0.15) is 0 Å². The second kappa shape index (κ2) is 10.1. The number of rotatable bonds is 8. The van der Waals surface area contributed by atoms with E-state index < -0.39 is 0 Å². The van der Waals surface area contributed by atoms with Gasteiger partial charge in [0.05, 0.1) is 0 Å². The molecule has 2 aromatic rings. The number of piperidine rings is 1. The lowest BCUT2D eigenvalue weighted by Gasteiger charge is -2.36. The number of nitrogens with zero attached hydrogens (tertiary/aromatic N) is 4. The second-order valence-electron chi connectivity index (χ2n) is 7.09. The number of anilines is 1. The summed E-state index contributed by atoms with van der Waals surface area (Å²) in [6.45, 7) is 5.40. The van der Waals surface area contributed by atoms with Gasteiger partial charge in [0.25, 0.3) is 0 Å². The Labute approximate surface area is 171 Å². The molecule has 1 aromatic heterocycles. The predicted octanol–water partition coefficient (Wildman–Crippen LogP) is 3.88. The number of thioether (sulfide) groups is 1. The van der Waals surface area contributed by atoms with E-state index in [4.69, 9.17) is 4.74 Å². The van der Waals surface area contributed by atoms with Crippen LogP contribution in [0.3, 0.4) is 0 Å². The zero-order valence-electron chi connectivity index (χ0n) is 16.9. The van der Waals surface area contributed by atoms with E-state index in [-0.39, 0.29) is 5.82 Å². The Bertz CT molecular complexity index is 751. The third-order valence-electron chi connectivity index (χ3n) is 5.31. The van der Waals surface area contributed by atoms with Gasteiger partial charge in [-0.3, -0.25) is 4.90 Å². The molecule has 0 radical (unpaired) electrons. The quantitative estimate of drug-likeness (QED) is 0.622. The number of hydrogen-bond donors (Lipinski definition) is 0. The molecular formula is C21H29FN4OS. The van der Waals surface area contributed by atoms with E-state index in [2.05, 4.69) is 33.7 Å². The van der Waals surface area contributed by atoms with Crippen molar-refractivity contribution in [2.75, 3.05) is 44.4 Å².